The Kier molecular flexibility index (Phi) is 9.73. The molecule has 7 atom stereocenters. The van der Waals surface area contributed by atoms with E-state index in [-0.39, 0.29) is 49.3 Å². The molecule has 7 nitrogen and oxygen atoms in total. The average Bonchev–Trinajstić information content (AvgIpc) is 3.62. The molecule has 0 radical (unpaired) electrons. The summed E-state index contributed by atoms with van der Waals surface area (Å²) in [5.74, 6) is 1.40. The molecule has 2 aromatic carbocycles. The van der Waals surface area contributed by atoms with Crippen molar-refractivity contribution in [3.8, 4) is 0 Å². The number of amides is 1. The molecule has 5 aliphatic carbocycles. The van der Waals surface area contributed by atoms with Crippen molar-refractivity contribution in [2.75, 3.05) is 13.1 Å². The van der Waals surface area contributed by atoms with Crippen LogP contribution >= 0.6 is 15.9 Å². The number of hydrogen-bond donors (Lipinski definition) is 1. The van der Waals surface area contributed by atoms with Gasteiger partial charge in [0, 0.05) is 41.8 Å². The number of benzene rings is 2. The normalized spacial score (nSPS) is 35.7. The number of likely N-dealkylation sites (tertiary alicyclic amines) is 1. The van der Waals surface area contributed by atoms with Crippen LogP contribution in [-0.2, 0) is 33.2 Å². The van der Waals surface area contributed by atoms with Crippen molar-refractivity contribution in [2.45, 2.75) is 142 Å². The van der Waals surface area contributed by atoms with E-state index in [0.29, 0.717) is 17.7 Å². The summed E-state index contributed by atoms with van der Waals surface area (Å²) < 4.78 is 29.9. The molecule has 1 aromatic heterocycles. The number of allylic oxidation sites excluding steroid dienone is 2. The van der Waals surface area contributed by atoms with Gasteiger partial charge in [-0.15, -0.1) is 0 Å². The van der Waals surface area contributed by atoms with Gasteiger partial charge in [-0.05, 0) is 145 Å². The highest BCUT2D eigenvalue weighted by molar-refractivity contribution is 9.10. The number of carbonyl (C=O) groups is 1. The molecule has 1 amide bonds. The van der Waals surface area contributed by atoms with E-state index in [2.05, 4.69) is 111 Å². The monoisotopic (exact) mass is 868 g/mol. The summed E-state index contributed by atoms with van der Waals surface area (Å²) in [5.41, 5.74) is 4.56. The van der Waals surface area contributed by atoms with Gasteiger partial charge in [0.1, 0.15) is 0 Å². The summed E-state index contributed by atoms with van der Waals surface area (Å²) in [4.78, 5) is 17.7. The molecular formula is C49H65BrN4O3S. The van der Waals surface area contributed by atoms with Crippen LogP contribution in [-0.4, -0.2) is 47.5 Å². The van der Waals surface area contributed by atoms with Crippen molar-refractivity contribution in [3.05, 3.63) is 93.7 Å². The van der Waals surface area contributed by atoms with Crippen molar-refractivity contribution in [2.24, 2.45) is 44.8 Å². The maximum Gasteiger partial charge on any atom is 0.282 e. The predicted molar refractivity (Wildman–Crippen MR) is 235 cm³/mol. The van der Waals surface area contributed by atoms with Crippen molar-refractivity contribution >= 4 is 31.9 Å². The zero-order chi connectivity index (χ0) is 41.1. The van der Waals surface area contributed by atoms with Gasteiger partial charge in [-0.3, -0.25) is 9.69 Å². The predicted octanol–water partition coefficient (Wildman–Crippen LogP) is 10.5. The fraction of sp³-hybridized carbons (Fsp3) is 0.633. The summed E-state index contributed by atoms with van der Waals surface area (Å²) in [5, 5.41) is 8.61. The van der Waals surface area contributed by atoms with Crippen LogP contribution in [0.2, 0.25) is 0 Å². The topological polar surface area (TPSA) is 84.3 Å². The average molecular weight is 870 g/mol. The van der Waals surface area contributed by atoms with E-state index >= 15 is 0 Å². The first-order valence-corrected chi connectivity index (χ1v) is 24.4. The summed E-state index contributed by atoms with van der Waals surface area (Å²) in [6.45, 7) is 20.2. The van der Waals surface area contributed by atoms with Crippen LogP contribution in [0.1, 0.15) is 129 Å². The maximum atomic E-state index is 14.9. The lowest BCUT2D eigenvalue weighted by molar-refractivity contribution is -0.168. The summed E-state index contributed by atoms with van der Waals surface area (Å²) in [7, 11) is -3.83. The molecule has 6 aliphatic rings. The molecule has 4 fully saturated rings. The summed E-state index contributed by atoms with van der Waals surface area (Å²) >= 11 is 3.45. The third kappa shape index (κ3) is 6.19. The number of rotatable bonds is 6. The molecule has 58 heavy (non-hydrogen) atoms. The van der Waals surface area contributed by atoms with Crippen LogP contribution in [0.15, 0.2) is 81.8 Å². The van der Waals surface area contributed by atoms with Crippen molar-refractivity contribution < 1.29 is 13.2 Å². The number of carbonyl (C=O) groups excluding carboxylic acids is 1. The Morgan fingerprint density at radius 1 is 0.862 bits per heavy atom. The minimum Gasteiger partial charge on any atom is -0.353 e. The number of fused-ring (bicyclic) bond motifs is 8. The molecule has 9 heteroatoms. The molecule has 1 saturated heterocycles. The van der Waals surface area contributed by atoms with E-state index in [9.17, 15) is 13.2 Å². The lowest BCUT2D eigenvalue weighted by atomic mass is 9.33. The second kappa shape index (κ2) is 13.9. The Labute approximate surface area is 356 Å². The van der Waals surface area contributed by atoms with E-state index in [1.165, 1.54) is 9.65 Å². The SMILES string of the molecule is CC1(C)CC[C@]2(C(=O)NC3CCN(Cc4ccccc4)CC3)CC[C@]3(C)C(=CC[C@@H]4[C@@]5(C)Cc6cn(S(=O)(=O)c7ccc(Br)cc7)nc6C(C)(C)[C@@H]5CC[C@]43C)[C@@H]2C1. The van der Waals surface area contributed by atoms with Gasteiger partial charge in [0.25, 0.3) is 10.0 Å². The summed E-state index contributed by atoms with van der Waals surface area (Å²) in [6.07, 6.45) is 15.7. The van der Waals surface area contributed by atoms with E-state index in [1.54, 1.807) is 29.8 Å². The van der Waals surface area contributed by atoms with Crippen LogP contribution in [0.25, 0.3) is 0 Å². The van der Waals surface area contributed by atoms with Gasteiger partial charge in [-0.1, -0.05) is 106 Å². The molecule has 1 N–H and O–H groups in total. The Morgan fingerprint density at radius 3 is 2.26 bits per heavy atom. The van der Waals surface area contributed by atoms with Crippen molar-refractivity contribution in [3.63, 3.8) is 0 Å². The third-order valence-corrected chi connectivity index (χ3v) is 19.8. The number of hydrogen-bond acceptors (Lipinski definition) is 5. The molecule has 1 aliphatic heterocycles. The van der Waals surface area contributed by atoms with Gasteiger partial charge in [-0.2, -0.15) is 17.6 Å². The Balaban J connectivity index is 0.997. The molecule has 2 heterocycles. The lowest BCUT2D eigenvalue weighted by Gasteiger charge is -2.70. The highest BCUT2D eigenvalue weighted by Gasteiger charge is 2.69. The van der Waals surface area contributed by atoms with Crippen LogP contribution < -0.4 is 5.32 Å². The van der Waals surface area contributed by atoms with Gasteiger partial charge in [-0.25, -0.2) is 0 Å². The zero-order valence-electron chi connectivity index (χ0n) is 35.9. The first kappa shape index (κ1) is 40.6. The first-order valence-electron chi connectivity index (χ1n) is 22.2. The van der Waals surface area contributed by atoms with E-state index < -0.39 is 10.0 Å². The van der Waals surface area contributed by atoms with Crippen LogP contribution in [0, 0.1) is 44.8 Å². The van der Waals surface area contributed by atoms with Crippen LogP contribution in [0.3, 0.4) is 0 Å². The van der Waals surface area contributed by atoms with Gasteiger partial charge in [0.15, 0.2) is 0 Å². The minimum absolute atomic E-state index is 0.00589. The third-order valence-electron chi connectivity index (χ3n) is 17.7. The Bertz CT molecular complexity index is 2220. The number of piperidine rings is 1. The maximum absolute atomic E-state index is 14.9. The van der Waals surface area contributed by atoms with Crippen molar-refractivity contribution in [1.29, 1.82) is 0 Å². The van der Waals surface area contributed by atoms with Crippen molar-refractivity contribution in [1.82, 2.24) is 19.4 Å². The Hall–Kier alpha value is -2.75. The number of aromatic nitrogens is 2. The Morgan fingerprint density at radius 2 is 1.55 bits per heavy atom. The van der Waals surface area contributed by atoms with Gasteiger partial charge >= 0.3 is 0 Å². The van der Waals surface area contributed by atoms with Gasteiger partial charge in [0.2, 0.25) is 5.91 Å². The highest BCUT2D eigenvalue weighted by Crippen LogP contribution is 2.75. The fourth-order valence-electron chi connectivity index (χ4n) is 14.3. The molecular weight excluding hydrogens is 805 g/mol. The van der Waals surface area contributed by atoms with Gasteiger partial charge in [0.05, 0.1) is 16.0 Å². The van der Waals surface area contributed by atoms with E-state index in [1.807, 2.05) is 6.20 Å². The molecule has 0 unspecified atom stereocenters. The fourth-order valence-corrected chi connectivity index (χ4v) is 15.7. The number of nitrogens with zero attached hydrogens (tertiary/aromatic N) is 3. The van der Waals surface area contributed by atoms with E-state index in [4.69, 9.17) is 5.10 Å². The smallest absolute Gasteiger partial charge is 0.282 e. The summed E-state index contributed by atoms with van der Waals surface area (Å²) in [6, 6.07) is 17.8. The lowest BCUT2D eigenvalue weighted by Crippen LogP contribution is -2.65. The number of nitrogens with one attached hydrogen (secondary N) is 1. The first-order chi connectivity index (χ1) is 27.3. The van der Waals surface area contributed by atoms with Crippen LogP contribution in [0.5, 0.6) is 0 Å². The minimum atomic E-state index is -3.83. The molecule has 312 valence electrons. The zero-order valence-corrected chi connectivity index (χ0v) is 38.3. The molecule has 3 saturated carbocycles. The van der Waals surface area contributed by atoms with Gasteiger partial charge < -0.3 is 5.32 Å². The van der Waals surface area contributed by atoms with E-state index in [0.717, 1.165) is 106 Å². The quantitative estimate of drug-likeness (QED) is 0.250. The highest BCUT2D eigenvalue weighted by atomic mass is 79.9. The second-order valence-electron chi connectivity index (χ2n) is 21.6. The second-order valence-corrected chi connectivity index (χ2v) is 24.3. The largest absolute Gasteiger partial charge is 0.353 e. The molecule has 0 spiro atoms. The molecule has 9 rings (SSSR count). The van der Waals surface area contributed by atoms with Crippen LogP contribution in [0.4, 0.5) is 0 Å². The number of halogens is 1. The molecule has 3 aromatic rings. The molecule has 0 bridgehead atoms. The standard InChI is InChI=1S/C49H65BrN4O3S/c1-44(2)23-25-49(43(55)51-36-20-27-53(28-21-36)31-33-11-9-8-10-12-33)26-24-47(6)38(39(49)30-44)17-18-41-46(5)29-34-32-54(58(56,57)37-15-13-35(50)14-16-37)52-42(34)45(3,4)40(46)19-22-48(41,47)7/h8-17,32,36,39-41H,18-31H2,1-7H3,(H,51,55)/t39-,40-,41+,46-,47+,48+,49-/m0/s1.